The number of nitrogens with zero attached hydrogens (tertiary/aromatic N) is 3. The molecule has 0 bridgehead atoms. The molecular weight excluding hydrogens is 408 g/mol. The number of amidine groups is 1. The second-order valence-electron chi connectivity index (χ2n) is 7.66. The summed E-state index contributed by atoms with van der Waals surface area (Å²) in [5.41, 5.74) is 10.2. The molecule has 0 saturated carbocycles. The standard InChI is InChI=1S/C24H18N4O2S/c1-14-2-7-22(31-14)16-4-6-21-19(9-16)24(12-29-23(25)28-24)18-8-15(3-5-20(18)30-21)17-10-26-13-27-11-17/h2-11,13H,12H2,1H3,(H2,25,28)/t24-/m0/s1. The van der Waals surface area contributed by atoms with Gasteiger partial charge in [0.1, 0.15) is 24.4 Å². The molecule has 0 saturated heterocycles. The van der Waals surface area contributed by atoms with Gasteiger partial charge in [0.15, 0.2) is 5.54 Å². The van der Waals surface area contributed by atoms with E-state index in [-0.39, 0.29) is 6.02 Å². The van der Waals surface area contributed by atoms with Crippen LogP contribution in [0, 0.1) is 6.92 Å². The molecule has 0 amide bonds. The zero-order chi connectivity index (χ0) is 21.0. The van der Waals surface area contributed by atoms with E-state index in [0.717, 1.165) is 39.3 Å². The molecule has 0 aliphatic carbocycles. The van der Waals surface area contributed by atoms with Crippen LogP contribution in [0.4, 0.5) is 0 Å². The van der Waals surface area contributed by atoms with E-state index in [0.29, 0.717) is 6.61 Å². The number of ether oxygens (including phenoxy) is 2. The van der Waals surface area contributed by atoms with Crippen LogP contribution in [0.1, 0.15) is 16.0 Å². The highest BCUT2D eigenvalue weighted by Gasteiger charge is 2.47. The molecule has 6 rings (SSSR count). The molecule has 7 heteroatoms. The molecule has 2 aromatic heterocycles. The van der Waals surface area contributed by atoms with Gasteiger partial charge in [-0.2, -0.15) is 0 Å². The van der Waals surface area contributed by atoms with Crippen molar-refractivity contribution >= 4 is 17.4 Å². The van der Waals surface area contributed by atoms with Crippen LogP contribution in [-0.2, 0) is 10.3 Å². The van der Waals surface area contributed by atoms with Crippen LogP contribution in [0.15, 0.2) is 72.2 Å². The van der Waals surface area contributed by atoms with Crippen LogP contribution in [-0.4, -0.2) is 22.6 Å². The average molecular weight is 427 g/mol. The molecule has 4 aromatic rings. The number of thiophene rings is 1. The van der Waals surface area contributed by atoms with Gasteiger partial charge < -0.3 is 15.2 Å². The minimum atomic E-state index is -0.763. The number of fused-ring (bicyclic) bond motifs is 4. The first-order valence-corrected chi connectivity index (χ1v) is 10.7. The minimum Gasteiger partial charge on any atom is -0.462 e. The first-order chi connectivity index (χ1) is 15.1. The molecule has 0 radical (unpaired) electrons. The summed E-state index contributed by atoms with van der Waals surface area (Å²) in [6.45, 7) is 2.43. The van der Waals surface area contributed by atoms with Crippen LogP contribution in [0.5, 0.6) is 11.5 Å². The van der Waals surface area contributed by atoms with Crippen molar-refractivity contribution in [1.82, 2.24) is 9.97 Å². The van der Waals surface area contributed by atoms with E-state index < -0.39 is 5.54 Å². The lowest BCUT2D eigenvalue weighted by Gasteiger charge is -2.34. The third-order valence-electron chi connectivity index (χ3n) is 5.72. The Morgan fingerprint density at radius 2 is 1.61 bits per heavy atom. The summed E-state index contributed by atoms with van der Waals surface area (Å²) in [6.07, 6.45) is 5.10. The number of rotatable bonds is 2. The highest BCUT2D eigenvalue weighted by atomic mass is 32.1. The van der Waals surface area contributed by atoms with Crippen LogP contribution < -0.4 is 10.5 Å². The number of aromatic nitrogens is 2. The molecule has 1 atom stereocenters. The predicted molar refractivity (Wildman–Crippen MR) is 120 cm³/mol. The molecule has 0 unspecified atom stereocenters. The fourth-order valence-electron chi connectivity index (χ4n) is 4.23. The van der Waals surface area contributed by atoms with Gasteiger partial charge in [-0.05, 0) is 60.5 Å². The third-order valence-corrected chi connectivity index (χ3v) is 6.77. The Morgan fingerprint density at radius 1 is 0.903 bits per heavy atom. The summed E-state index contributed by atoms with van der Waals surface area (Å²) < 4.78 is 12.0. The summed E-state index contributed by atoms with van der Waals surface area (Å²) in [4.78, 5) is 15.6. The van der Waals surface area contributed by atoms with Crippen molar-refractivity contribution in [3.05, 3.63) is 83.3 Å². The predicted octanol–water partition coefficient (Wildman–Crippen LogP) is 4.87. The van der Waals surface area contributed by atoms with Crippen LogP contribution in [0.25, 0.3) is 21.6 Å². The summed E-state index contributed by atoms with van der Waals surface area (Å²) in [7, 11) is 0. The number of benzene rings is 2. The van der Waals surface area contributed by atoms with Crippen molar-refractivity contribution in [1.29, 1.82) is 0 Å². The van der Waals surface area contributed by atoms with Gasteiger partial charge in [-0.1, -0.05) is 6.07 Å². The van der Waals surface area contributed by atoms with Crippen molar-refractivity contribution in [2.75, 3.05) is 6.61 Å². The topological polar surface area (TPSA) is 82.6 Å². The second kappa shape index (κ2) is 6.65. The van der Waals surface area contributed by atoms with E-state index in [9.17, 15) is 0 Å². The van der Waals surface area contributed by atoms with Crippen molar-refractivity contribution < 1.29 is 9.47 Å². The molecule has 152 valence electrons. The van der Waals surface area contributed by atoms with E-state index in [1.54, 1.807) is 23.7 Å². The number of hydrogen-bond donors (Lipinski definition) is 1. The Labute approximate surface area is 183 Å². The van der Waals surface area contributed by atoms with E-state index in [1.165, 1.54) is 16.1 Å². The molecule has 2 aliphatic rings. The summed E-state index contributed by atoms with van der Waals surface area (Å²) in [6, 6.07) is 16.7. The SMILES string of the molecule is Cc1ccc(-c2ccc3c(c2)[C@]2(COC(N)=N2)c2cc(-c4cncnc4)ccc2O3)s1. The lowest BCUT2D eigenvalue weighted by molar-refractivity contribution is 0.264. The smallest absolute Gasteiger partial charge is 0.283 e. The van der Waals surface area contributed by atoms with Gasteiger partial charge in [0, 0.05) is 38.8 Å². The number of nitrogens with two attached hydrogens (primary N) is 1. The highest BCUT2D eigenvalue weighted by Crippen LogP contribution is 2.52. The maximum atomic E-state index is 6.29. The first-order valence-electron chi connectivity index (χ1n) is 9.90. The van der Waals surface area contributed by atoms with Crippen molar-refractivity contribution in [2.45, 2.75) is 12.5 Å². The van der Waals surface area contributed by atoms with Gasteiger partial charge in [-0.25, -0.2) is 15.0 Å². The summed E-state index contributed by atoms with van der Waals surface area (Å²) in [5, 5.41) is 0. The Kier molecular flexibility index (Phi) is 3.88. The molecule has 6 nitrogen and oxygen atoms in total. The zero-order valence-electron chi connectivity index (χ0n) is 16.7. The first kappa shape index (κ1) is 18.1. The zero-order valence-corrected chi connectivity index (χ0v) is 17.5. The second-order valence-corrected chi connectivity index (χ2v) is 8.95. The van der Waals surface area contributed by atoms with Crippen molar-refractivity contribution in [3.8, 4) is 33.1 Å². The lowest BCUT2D eigenvalue weighted by atomic mass is 9.80. The van der Waals surface area contributed by atoms with E-state index in [2.05, 4.69) is 47.2 Å². The number of hydrogen-bond acceptors (Lipinski definition) is 7. The normalized spacial score (nSPS) is 18.7. The Balaban J connectivity index is 1.56. The van der Waals surface area contributed by atoms with Gasteiger partial charge >= 0.3 is 0 Å². The van der Waals surface area contributed by atoms with Crippen LogP contribution >= 0.6 is 11.3 Å². The van der Waals surface area contributed by atoms with E-state index >= 15 is 0 Å². The number of aryl methyl sites for hydroxylation is 1. The van der Waals surface area contributed by atoms with Gasteiger partial charge in [0.25, 0.3) is 6.02 Å². The highest BCUT2D eigenvalue weighted by molar-refractivity contribution is 7.15. The number of aliphatic imine (C=N–C) groups is 1. The third kappa shape index (κ3) is 2.81. The minimum absolute atomic E-state index is 0.185. The lowest BCUT2D eigenvalue weighted by Crippen LogP contribution is -2.31. The fourth-order valence-corrected chi connectivity index (χ4v) is 5.09. The van der Waals surface area contributed by atoms with Crippen LogP contribution in [0.2, 0.25) is 0 Å². The molecule has 2 aliphatic heterocycles. The average Bonchev–Trinajstić information content (AvgIpc) is 3.41. The Morgan fingerprint density at radius 3 is 2.26 bits per heavy atom. The molecule has 2 N–H and O–H groups in total. The van der Waals surface area contributed by atoms with E-state index in [1.807, 2.05) is 18.2 Å². The molecule has 1 spiro atoms. The van der Waals surface area contributed by atoms with Gasteiger partial charge in [-0.3, -0.25) is 0 Å². The maximum absolute atomic E-state index is 6.29. The van der Waals surface area contributed by atoms with Gasteiger partial charge in [0.2, 0.25) is 0 Å². The largest absolute Gasteiger partial charge is 0.462 e. The van der Waals surface area contributed by atoms with Crippen molar-refractivity contribution in [2.24, 2.45) is 10.7 Å². The maximum Gasteiger partial charge on any atom is 0.283 e. The molecule has 4 heterocycles. The Bertz CT molecular complexity index is 1350. The van der Waals surface area contributed by atoms with E-state index in [4.69, 9.17) is 20.2 Å². The van der Waals surface area contributed by atoms with Crippen molar-refractivity contribution in [3.63, 3.8) is 0 Å². The van der Waals surface area contributed by atoms with Gasteiger partial charge in [0.05, 0.1) is 0 Å². The molecular formula is C24H18N4O2S. The molecule has 31 heavy (non-hydrogen) atoms. The summed E-state index contributed by atoms with van der Waals surface area (Å²) in [5.74, 6) is 1.51. The quantitative estimate of drug-likeness (QED) is 0.494. The summed E-state index contributed by atoms with van der Waals surface area (Å²) >= 11 is 1.76. The molecule has 0 fully saturated rings. The monoisotopic (exact) mass is 426 g/mol. The van der Waals surface area contributed by atoms with Gasteiger partial charge in [-0.15, -0.1) is 11.3 Å². The fraction of sp³-hybridized carbons (Fsp3) is 0.125. The van der Waals surface area contributed by atoms with Crippen LogP contribution in [0.3, 0.4) is 0 Å². The Hall–Kier alpha value is -3.71. The molecule has 2 aromatic carbocycles.